The van der Waals surface area contributed by atoms with Crippen LogP contribution in [0.2, 0.25) is 0 Å². The predicted octanol–water partition coefficient (Wildman–Crippen LogP) is 1.95. The molecule has 7 heteroatoms. The number of hydrogen-bond donors (Lipinski definition) is 2. The highest BCUT2D eigenvalue weighted by Gasteiger charge is 2.04. The Labute approximate surface area is 142 Å². The molecule has 0 radical (unpaired) electrons. The summed E-state index contributed by atoms with van der Waals surface area (Å²) in [6.07, 6.45) is 4.40. The minimum atomic E-state index is -3.31. The largest absolute Gasteiger partial charge is 0.504 e. The van der Waals surface area contributed by atoms with Crippen LogP contribution in [-0.2, 0) is 21.1 Å². The van der Waals surface area contributed by atoms with Gasteiger partial charge in [-0.05, 0) is 44.0 Å². The first-order valence-corrected chi connectivity index (χ1v) is 9.37. The number of sulfone groups is 1. The van der Waals surface area contributed by atoms with Gasteiger partial charge in [0.05, 0.1) is 0 Å². The first kappa shape index (κ1) is 19.8. The van der Waals surface area contributed by atoms with Gasteiger partial charge in [-0.1, -0.05) is 11.6 Å². The zero-order chi connectivity index (χ0) is 18.2. The Bertz CT molecular complexity index is 731. The van der Waals surface area contributed by atoms with Crippen LogP contribution in [0.3, 0.4) is 0 Å². The Hall–Kier alpha value is -2.28. The van der Waals surface area contributed by atoms with Crippen molar-refractivity contribution >= 4 is 15.7 Å². The maximum Gasteiger partial charge on any atom is 0.244 e. The van der Waals surface area contributed by atoms with Crippen molar-refractivity contribution in [3.63, 3.8) is 0 Å². The Balaban J connectivity index is 2.49. The zero-order valence-corrected chi connectivity index (χ0v) is 14.9. The number of rotatable bonds is 8. The summed E-state index contributed by atoms with van der Waals surface area (Å²) in [5.74, 6) is -0.0411. The van der Waals surface area contributed by atoms with Crippen molar-refractivity contribution in [2.45, 2.75) is 20.3 Å². The van der Waals surface area contributed by atoms with Crippen LogP contribution in [0.4, 0.5) is 0 Å². The number of ether oxygens (including phenoxy) is 1. The molecular formula is C17H23NO5S. The monoisotopic (exact) mass is 353 g/mol. The summed E-state index contributed by atoms with van der Waals surface area (Å²) in [5, 5.41) is 13.4. The van der Waals surface area contributed by atoms with Crippen molar-refractivity contribution in [2.24, 2.45) is 0 Å². The van der Waals surface area contributed by atoms with E-state index in [1.807, 2.05) is 19.9 Å². The molecule has 2 N–H and O–H groups in total. The molecule has 0 fully saturated rings. The molecule has 0 unspecified atom stereocenters. The van der Waals surface area contributed by atoms with Crippen LogP contribution < -0.4 is 10.1 Å². The fourth-order valence-corrected chi connectivity index (χ4v) is 2.08. The van der Waals surface area contributed by atoms with Gasteiger partial charge in [0.2, 0.25) is 5.91 Å². The average Bonchev–Trinajstić information content (AvgIpc) is 2.46. The quantitative estimate of drug-likeness (QED) is 0.550. The highest BCUT2D eigenvalue weighted by atomic mass is 32.2. The van der Waals surface area contributed by atoms with E-state index < -0.39 is 15.7 Å². The third-order valence-electron chi connectivity index (χ3n) is 2.93. The van der Waals surface area contributed by atoms with Crippen LogP contribution in [0.25, 0.3) is 0 Å². The highest BCUT2D eigenvalue weighted by Crippen LogP contribution is 2.26. The van der Waals surface area contributed by atoms with Gasteiger partial charge in [-0.3, -0.25) is 4.79 Å². The van der Waals surface area contributed by atoms with E-state index in [1.54, 1.807) is 18.2 Å². The number of carbonyl (C=O) groups is 1. The lowest BCUT2D eigenvalue weighted by molar-refractivity contribution is -0.116. The number of amides is 1. The first-order chi connectivity index (χ1) is 11.2. The number of hydrogen-bond acceptors (Lipinski definition) is 5. The summed E-state index contributed by atoms with van der Waals surface area (Å²) in [4.78, 5) is 11.4. The molecule has 0 aliphatic heterocycles. The van der Waals surface area contributed by atoms with Gasteiger partial charge in [0.1, 0.15) is 6.61 Å². The van der Waals surface area contributed by atoms with Gasteiger partial charge in [0.15, 0.2) is 21.3 Å². The van der Waals surface area contributed by atoms with Gasteiger partial charge in [0.25, 0.3) is 0 Å². The summed E-state index contributed by atoms with van der Waals surface area (Å²) in [7, 11) is -3.31. The van der Waals surface area contributed by atoms with Gasteiger partial charge >= 0.3 is 0 Å². The van der Waals surface area contributed by atoms with Gasteiger partial charge in [-0.15, -0.1) is 0 Å². The molecule has 0 aliphatic carbocycles. The van der Waals surface area contributed by atoms with Crippen molar-refractivity contribution in [3.05, 3.63) is 46.9 Å². The molecule has 132 valence electrons. The maximum absolute atomic E-state index is 11.4. The van der Waals surface area contributed by atoms with Crippen molar-refractivity contribution in [3.8, 4) is 11.5 Å². The summed E-state index contributed by atoms with van der Waals surface area (Å²) in [6, 6.07) is 5.06. The van der Waals surface area contributed by atoms with E-state index in [0.717, 1.165) is 28.9 Å². The molecule has 1 aromatic carbocycles. The summed E-state index contributed by atoms with van der Waals surface area (Å²) >= 11 is 0. The van der Waals surface area contributed by atoms with Gasteiger partial charge < -0.3 is 15.2 Å². The molecule has 24 heavy (non-hydrogen) atoms. The standard InChI is InChI=1S/C17H23NO5S/c1-13(2)7-10-23-16-5-4-14(12-15(16)19)6-9-18-17(20)8-11-24(3,21)22/h4-5,7-8,11-12,19H,6,9-10H2,1-3H3,(H,18,20). The molecule has 0 aliphatic rings. The van der Waals surface area contributed by atoms with Gasteiger partial charge in [0, 0.05) is 24.3 Å². The third-order valence-corrected chi connectivity index (χ3v) is 3.56. The number of phenolic OH excluding ortho intramolecular Hbond substituents is 1. The number of allylic oxidation sites excluding steroid dienone is 1. The Morgan fingerprint density at radius 1 is 1.33 bits per heavy atom. The summed E-state index contributed by atoms with van der Waals surface area (Å²) in [5.41, 5.74) is 1.96. The topological polar surface area (TPSA) is 92.7 Å². The Morgan fingerprint density at radius 3 is 2.62 bits per heavy atom. The molecule has 1 aromatic rings. The smallest absolute Gasteiger partial charge is 0.244 e. The molecule has 0 saturated carbocycles. The molecule has 6 nitrogen and oxygen atoms in total. The lowest BCUT2D eigenvalue weighted by Gasteiger charge is -2.08. The van der Waals surface area contributed by atoms with E-state index in [0.29, 0.717) is 25.3 Å². The van der Waals surface area contributed by atoms with E-state index in [4.69, 9.17) is 4.74 Å². The zero-order valence-electron chi connectivity index (χ0n) is 14.1. The molecule has 0 atom stereocenters. The molecule has 0 spiro atoms. The minimum absolute atomic E-state index is 0.0398. The molecule has 0 bridgehead atoms. The van der Waals surface area contributed by atoms with E-state index >= 15 is 0 Å². The van der Waals surface area contributed by atoms with Crippen LogP contribution in [0.15, 0.2) is 41.3 Å². The van der Waals surface area contributed by atoms with Crippen LogP contribution in [0.5, 0.6) is 11.5 Å². The number of phenols is 1. The van der Waals surface area contributed by atoms with Crippen LogP contribution in [-0.4, -0.2) is 38.8 Å². The highest BCUT2D eigenvalue weighted by molar-refractivity contribution is 7.93. The predicted molar refractivity (Wildman–Crippen MR) is 93.7 cm³/mol. The number of nitrogens with one attached hydrogen (secondary N) is 1. The molecule has 1 amide bonds. The minimum Gasteiger partial charge on any atom is -0.504 e. The number of carbonyl (C=O) groups excluding carboxylic acids is 1. The van der Waals surface area contributed by atoms with E-state index in [-0.39, 0.29) is 5.75 Å². The van der Waals surface area contributed by atoms with Gasteiger partial charge in [-0.25, -0.2) is 8.42 Å². The average molecular weight is 353 g/mol. The Morgan fingerprint density at radius 2 is 2.04 bits per heavy atom. The summed E-state index contributed by atoms with van der Waals surface area (Å²) in [6.45, 7) is 4.64. The van der Waals surface area contributed by atoms with E-state index in [9.17, 15) is 18.3 Å². The Kier molecular flexibility index (Phi) is 7.51. The third kappa shape index (κ3) is 8.38. The lowest BCUT2D eigenvalue weighted by atomic mass is 10.1. The SMILES string of the molecule is CC(C)=CCOc1ccc(CCNC(=O)C=CS(C)(=O)=O)cc1O. The van der Waals surface area contributed by atoms with E-state index in [2.05, 4.69) is 5.32 Å². The van der Waals surface area contributed by atoms with Crippen molar-refractivity contribution in [1.29, 1.82) is 0 Å². The van der Waals surface area contributed by atoms with Gasteiger partial charge in [-0.2, -0.15) is 0 Å². The molecule has 0 heterocycles. The van der Waals surface area contributed by atoms with E-state index in [1.165, 1.54) is 0 Å². The van der Waals surface area contributed by atoms with Crippen LogP contribution >= 0.6 is 0 Å². The second kappa shape index (κ2) is 9.12. The summed E-state index contributed by atoms with van der Waals surface area (Å²) < 4.78 is 27.3. The maximum atomic E-state index is 11.4. The van der Waals surface area contributed by atoms with Crippen LogP contribution in [0.1, 0.15) is 19.4 Å². The molecule has 1 rings (SSSR count). The number of aromatic hydroxyl groups is 1. The first-order valence-electron chi connectivity index (χ1n) is 7.41. The van der Waals surface area contributed by atoms with Crippen molar-refractivity contribution < 1.29 is 23.1 Å². The molecule has 0 saturated heterocycles. The lowest BCUT2D eigenvalue weighted by Crippen LogP contribution is -2.23. The second-order valence-corrected chi connectivity index (χ2v) is 7.50. The fourth-order valence-electron chi connectivity index (χ4n) is 1.71. The fraction of sp³-hybridized carbons (Fsp3) is 0.353. The van der Waals surface area contributed by atoms with Crippen molar-refractivity contribution in [2.75, 3.05) is 19.4 Å². The normalized spacial score (nSPS) is 11.3. The molecular weight excluding hydrogens is 330 g/mol. The number of benzene rings is 1. The van der Waals surface area contributed by atoms with Crippen LogP contribution in [0, 0.1) is 0 Å². The second-order valence-electron chi connectivity index (χ2n) is 5.57. The van der Waals surface area contributed by atoms with Crippen molar-refractivity contribution in [1.82, 2.24) is 5.32 Å². The molecule has 0 aromatic heterocycles.